The van der Waals surface area contributed by atoms with Crippen LogP contribution in [-0.2, 0) is 15.9 Å². The van der Waals surface area contributed by atoms with E-state index in [-0.39, 0.29) is 58.9 Å². The molecule has 0 amide bonds. The molecule has 0 radical (unpaired) electrons. The van der Waals surface area contributed by atoms with E-state index in [9.17, 15) is 25.2 Å². The number of aryl methyl sites for hydroxylation is 2. The quantitative estimate of drug-likeness (QED) is 0.211. The summed E-state index contributed by atoms with van der Waals surface area (Å²) in [7, 11) is 0. The molecule has 1 aromatic rings. The number of hydrogen-bond donors (Lipinski definition) is 4. The topological polar surface area (TPSA) is 116 Å². The van der Waals surface area contributed by atoms with Gasteiger partial charge in [0.2, 0.25) is 0 Å². The molecule has 4 N–H and O–H groups in total. The number of rotatable bonds is 13. The fourth-order valence-corrected chi connectivity index (χ4v) is 7.75. The van der Waals surface area contributed by atoms with Gasteiger partial charge in [-0.1, -0.05) is 60.1 Å². The minimum atomic E-state index is -1.16. The van der Waals surface area contributed by atoms with Crippen LogP contribution in [0.2, 0.25) is 0 Å². The van der Waals surface area contributed by atoms with Gasteiger partial charge in [0, 0.05) is 11.8 Å². The molecule has 2 aliphatic heterocycles. The van der Waals surface area contributed by atoms with Crippen LogP contribution in [0, 0.1) is 36.5 Å². The van der Waals surface area contributed by atoms with E-state index in [2.05, 4.69) is 34.6 Å². The molecule has 0 aromatic heterocycles. The zero-order chi connectivity index (χ0) is 30.6. The van der Waals surface area contributed by atoms with Crippen molar-refractivity contribution in [2.75, 3.05) is 0 Å². The third-order valence-electron chi connectivity index (χ3n) is 10.7. The lowest BCUT2D eigenvalue weighted by molar-refractivity contribution is -0.199. The summed E-state index contributed by atoms with van der Waals surface area (Å²) in [6, 6.07) is 3.46. The van der Waals surface area contributed by atoms with Gasteiger partial charge in [0.25, 0.3) is 0 Å². The Morgan fingerprint density at radius 1 is 1.10 bits per heavy atom. The number of benzene rings is 1. The maximum absolute atomic E-state index is 11.8. The molecule has 11 atom stereocenters. The Bertz CT molecular complexity index is 1010. The molecule has 1 aromatic carbocycles. The molecule has 3 rings (SSSR count). The van der Waals surface area contributed by atoms with Crippen LogP contribution in [0.3, 0.4) is 0 Å². The van der Waals surface area contributed by atoms with Gasteiger partial charge < -0.3 is 29.9 Å². The van der Waals surface area contributed by atoms with Crippen molar-refractivity contribution in [2.45, 2.75) is 143 Å². The molecule has 2 saturated heterocycles. The molecule has 234 valence electrons. The van der Waals surface area contributed by atoms with Gasteiger partial charge in [-0.05, 0) is 87.7 Å². The van der Waals surface area contributed by atoms with Gasteiger partial charge in [-0.3, -0.25) is 0 Å². The van der Waals surface area contributed by atoms with Crippen LogP contribution in [0.25, 0.3) is 0 Å². The SMILES string of the molecule is CCC1CCC(C2(CC)CC(C)C(C(CC)C(O)C(C)C(O)C(C)CCc3ccc(C)c(O)c3C(=O)O)O2)OC1C. The van der Waals surface area contributed by atoms with Crippen molar-refractivity contribution in [1.29, 1.82) is 0 Å². The first-order chi connectivity index (χ1) is 19.3. The summed E-state index contributed by atoms with van der Waals surface area (Å²) in [5.41, 5.74) is 0.652. The summed E-state index contributed by atoms with van der Waals surface area (Å²) in [4.78, 5) is 11.8. The first-order valence-electron chi connectivity index (χ1n) is 16.1. The second-order valence-electron chi connectivity index (χ2n) is 13.3. The summed E-state index contributed by atoms with van der Waals surface area (Å²) >= 11 is 0. The summed E-state index contributed by atoms with van der Waals surface area (Å²) in [5, 5.41) is 42.9. The molecule has 0 spiro atoms. The normalized spacial score (nSPS) is 32.3. The molecule has 2 fully saturated rings. The average molecular weight is 577 g/mol. The van der Waals surface area contributed by atoms with E-state index in [4.69, 9.17) is 9.47 Å². The van der Waals surface area contributed by atoms with Gasteiger partial charge in [0.05, 0.1) is 36.1 Å². The Kier molecular flexibility index (Phi) is 11.7. The third-order valence-corrected chi connectivity index (χ3v) is 10.7. The van der Waals surface area contributed by atoms with Crippen LogP contribution >= 0.6 is 0 Å². The molecule has 2 heterocycles. The number of aromatic carboxylic acids is 1. The van der Waals surface area contributed by atoms with Gasteiger partial charge in [0.1, 0.15) is 11.3 Å². The van der Waals surface area contributed by atoms with Gasteiger partial charge >= 0.3 is 5.97 Å². The number of aromatic hydroxyl groups is 1. The van der Waals surface area contributed by atoms with E-state index in [1.54, 1.807) is 19.1 Å². The van der Waals surface area contributed by atoms with Gasteiger partial charge in [-0.25, -0.2) is 4.79 Å². The molecule has 7 heteroatoms. The van der Waals surface area contributed by atoms with Crippen molar-refractivity contribution in [1.82, 2.24) is 0 Å². The van der Waals surface area contributed by atoms with Crippen LogP contribution < -0.4 is 0 Å². The maximum Gasteiger partial charge on any atom is 0.339 e. The predicted octanol–water partition coefficient (Wildman–Crippen LogP) is 6.52. The Morgan fingerprint density at radius 2 is 1.78 bits per heavy atom. The molecular formula is C34H56O7. The monoisotopic (exact) mass is 576 g/mol. The van der Waals surface area contributed by atoms with Crippen LogP contribution in [0.15, 0.2) is 12.1 Å². The number of aliphatic hydroxyl groups is 2. The van der Waals surface area contributed by atoms with Gasteiger partial charge in [0.15, 0.2) is 0 Å². The Hall–Kier alpha value is -1.67. The summed E-state index contributed by atoms with van der Waals surface area (Å²) in [6.07, 6.45) is 5.41. The van der Waals surface area contributed by atoms with E-state index < -0.39 is 18.2 Å². The second kappa shape index (κ2) is 14.2. The van der Waals surface area contributed by atoms with Crippen LogP contribution in [0.5, 0.6) is 5.75 Å². The van der Waals surface area contributed by atoms with Crippen LogP contribution in [0.1, 0.15) is 115 Å². The molecule has 7 nitrogen and oxygen atoms in total. The van der Waals surface area contributed by atoms with E-state index in [0.717, 1.165) is 38.5 Å². The maximum atomic E-state index is 11.8. The Labute approximate surface area is 247 Å². The van der Waals surface area contributed by atoms with Crippen LogP contribution in [0.4, 0.5) is 0 Å². The van der Waals surface area contributed by atoms with Gasteiger partial charge in [-0.15, -0.1) is 0 Å². The smallest absolute Gasteiger partial charge is 0.339 e. The van der Waals surface area contributed by atoms with Gasteiger partial charge in [-0.2, -0.15) is 0 Å². The molecule has 11 unspecified atom stereocenters. The number of phenols is 1. The number of carboxylic acid groups (broad SMARTS) is 1. The highest BCUT2D eigenvalue weighted by Crippen LogP contribution is 2.48. The number of hydrogen-bond acceptors (Lipinski definition) is 6. The van der Waals surface area contributed by atoms with Crippen molar-refractivity contribution < 1.29 is 34.7 Å². The molecule has 2 aliphatic rings. The molecule has 0 aliphatic carbocycles. The molecular weight excluding hydrogens is 520 g/mol. The highest BCUT2D eigenvalue weighted by molar-refractivity contribution is 5.93. The number of carbonyl (C=O) groups is 1. The van der Waals surface area contributed by atoms with E-state index in [1.165, 1.54) is 0 Å². The van der Waals surface area contributed by atoms with E-state index in [0.29, 0.717) is 29.9 Å². The van der Waals surface area contributed by atoms with Crippen LogP contribution in [-0.4, -0.2) is 62.5 Å². The Balaban J connectivity index is 1.68. The van der Waals surface area contributed by atoms with Crippen molar-refractivity contribution in [3.63, 3.8) is 0 Å². The lowest BCUT2D eigenvalue weighted by Gasteiger charge is -2.44. The summed E-state index contributed by atoms with van der Waals surface area (Å²) in [5.74, 6) is -1.18. The molecule has 0 bridgehead atoms. The van der Waals surface area contributed by atoms with Crippen molar-refractivity contribution in [2.24, 2.45) is 29.6 Å². The predicted molar refractivity (Wildman–Crippen MR) is 161 cm³/mol. The number of ether oxygens (including phenoxy) is 2. The number of carboxylic acids is 1. The average Bonchev–Trinajstić information content (AvgIpc) is 3.29. The third kappa shape index (κ3) is 7.11. The van der Waals surface area contributed by atoms with Crippen molar-refractivity contribution >= 4 is 5.97 Å². The van der Waals surface area contributed by atoms with Crippen molar-refractivity contribution in [3.05, 3.63) is 28.8 Å². The van der Waals surface area contributed by atoms with Crippen molar-refractivity contribution in [3.8, 4) is 5.75 Å². The van der Waals surface area contributed by atoms with E-state index >= 15 is 0 Å². The lowest BCUT2D eigenvalue weighted by Crippen LogP contribution is -2.50. The minimum absolute atomic E-state index is 0.0624. The zero-order valence-corrected chi connectivity index (χ0v) is 26.6. The second-order valence-corrected chi connectivity index (χ2v) is 13.3. The first kappa shape index (κ1) is 33.8. The Morgan fingerprint density at radius 3 is 2.34 bits per heavy atom. The number of aliphatic hydroxyl groups excluding tert-OH is 2. The zero-order valence-electron chi connectivity index (χ0n) is 26.6. The lowest BCUT2D eigenvalue weighted by atomic mass is 9.76. The largest absolute Gasteiger partial charge is 0.507 e. The standard InChI is InChI=1S/C34H56O7/c1-9-24-16-17-27(40-23(24)8)34(11-3)18-21(6)32(41-34)26(10-2)31(37)22(7)29(35)19(4)12-14-25-15-13-20(5)30(36)28(25)33(38)39/h13,15,19,21-24,26-27,29,31-32,35-37H,9-12,14,16-18H2,1-8H3,(H,38,39). The highest BCUT2D eigenvalue weighted by Gasteiger charge is 2.53. The molecule has 0 saturated carbocycles. The van der Waals surface area contributed by atoms with E-state index in [1.807, 2.05) is 13.8 Å². The fourth-order valence-electron chi connectivity index (χ4n) is 7.75. The minimum Gasteiger partial charge on any atom is -0.507 e. The summed E-state index contributed by atoms with van der Waals surface area (Å²) in [6.45, 7) is 16.4. The highest BCUT2D eigenvalue weighted by atomic mass is 16.6. The molecule has 41 heavy (non-hydrogen) atoms. The first-order valence-corrected chi connectivity index (χ1v) is 16.1. The fraction of sp³-hybridized carbons (Fsp3) is 0.794. The summed E-state index contributed by atoms with van der Waals surface area (Å²) < 4.78 is 13.5.